The van der Waals surface area contributed by atoms with Crippen LogP contribution in [-0.2, 0) is 0 Å². The summed E-state index contributed by atoms with van der Waals surface area (Å²) >= 11 is 0. The summed E-state index contributed by atoms with van der Waals surface area (Å²) in [5, 5.41) is 0.331. The molecule has 0 bridgehead atoms. The maximum Gasteiger partial charge on any atom is 0.266 e. The number of carbonyl (C=O) groups excluding carboxylic acids is 4. The van der Waals surface area contributed by atoms with E-state index in [-0.39, 0.29) is 34.0 Å². The van der Waals surface area contributed by atoms with Gasteiger partial charge in [0.2, 0.25) is 0 Å². The molecule has 1 aromatic heterocycles. The van der Waals surface area contributed by atoms with Crippen LogP contribution in [0.5, 0.6) is 5.75 Å². The predicted octanol–water partition coefficient (Wildman–Crippen LogP) is 4.24. The number of aromatic nitrogens is 2. The van der Waals surface area contributed by atoms with E-state index in [1.54, 1.807) is 24.3 Å². The Balaban J connectivity index is 1.09. The second-order valence-corrected chi connectivity index (χ2v) is 14.3. The third kappa shape index (κ3) is 5.72. The van der Waals surface area contributed by atoms with Gasteiger partial charge in [0, 0.05) is 69.7 Å². The molecule has 2 aliphatic carbocycles. The highest BCUT2D eigenvalue weighted by Gasteiger charge is 2.46. The third-order valence-corrected chi connectivity index (χ3v) is 10.9. The first-order chi connectivity index (χ1) is 24.6. The maximum absolute atomic E-state index is 14.1. The van der Waals surface area contributed by atoms with Crippen LogP contribution in [0.15, 0.2) is 53.3 Å². The van der Waals surface area contributed by atoms with Crippen LogP contribution < -0.4 is 20.1 Å². The van der Waals surface area contributed by atoms with E-state index >= 15 is 0 Å². The monoisotopic (exact) mass is 688 g/mol. The molecule has 4 aromatic rings. The molecule has 1 saturated heterocycles. The summed E-state index contributed by atoms with van der Waals surface area (Å²) in [6, 6.07) is 13.6. The fourth-order valence-corrected chi connectivity index (χ4v) is 7.90. The lowest BCUT2D eigenvalue weighted by Crippen LogP contribution is -2.45. The molecule has 0 unspecified atom stereocenters. The topological polar surface area (TPSA) is 136 Å². The van der Waals surface area contributed by atoms with Gasteiger partial charge in [0.25, 0.3) is 17.4 Å². The number of ether oxygens (including phenoxy) is 1. The largest absolute Gasteiger partial charge is 0.492 e. The van der Waals surface area contributed by atoms with Crippen molar-refractivity contribution in [1.82, 2.24) is 19.8 Å². The van der Waals surface area contributed by atoms with Gasteiger partial charge in [-0.05, 0) is 67.8 Å². The van der Waals surface area contributed by atoms with Crippen molar-refractivity contribution in [3.8, 4) is 5.75 Å². The number of nitrogens with one attached hydrogen (secondary N) is 1. The Labute approximate surface area is 295 Å². The molecular formula is C39H40N6O6. The number of Topliss-reactive ketones (excluding diaryl/α,β-unsaturated/α-hetero) is 2. The summed E-state index contributed by atoms with van der Waals surface area (Å²) < 4.78 is 6.17. The summed E-state index contributed by atoms with van der Waals surface area (Å²) in [5.41, 5.74) is 2.28. The van der Waals surface area contributed by atoms with Gasteiger partial charge in [-0.2, -0.15) is 0 Å². The molecule has 51 heavy (non-hydrogen) atoms. The van der Waals surface area contributed by atoms with Gasteiger partial charge in [0.15, 0.2) is 11.6 Å². The van der Waals surface area contributed by atoms with Crippen LogP contribution in [0.25, 0.3) is 10.9 Å². The molecule has 2 aliphatic heterocycles. The molecule has 0 spiro atoms. The average molecular weight is 689 g/mol. The Morgan fingerprint density at radius 3 is 2.14 bits per heavy atom. The first kappa shape index (κ1) is 33.0. The Morgan fingerprint density at radius 2 is 1.49 bits per heavy atom. The first-order valence-corrected chi connectivity index (χ1v) is 17.6. The normalized spacial score (nSPS) is 18.7. The van der Waals surface area contributed by atoms with Gasteiger partial charge in [0.1, 0.15) is 24.1 Å². The molecule has 12 heteroatoms. The van der Waals surface area contributed by atoms with Crippen molar-refractivity contribution in [3.63, 3.8) is 0 Å². The van der Waals surface area contributed by atoms with Crippen molar-refractivity contribution in [3.05, 3.63) is 92.5 Å². The minimum Gasteiger partial charge on any atom is -0.492 e. The van der Waals surface area contributed by atoms with Gasteiger partial charge in [-0.25, -0.2) is 9.88 Å². The number of ketones is 2. The molecule has 2 fully saturated rings. The average Bonchev–Trinajstić information content (AvgIpc) is 3.80. The summed E-state index contributed by atoms with van der Waals surface area (Å²) in [6.45, 7) is 5.23. The molecule has 1 N–H and O–H groups in total. The number of aromatic amines is 1. The van der Waals surface area contributed by atoms with Crippen molar-refractivity contribution in [2.45, 2.75) is 37.5 Å². The smallest absolute Gasteiger partial charge is 0.266 e. The fourth-order valence-electron chi connectivity index (χ4n) is 7.90. The SMILES string of the molecule is CN1CCN(CCOc2ccc(C3CCCC3)c(N3C(=O)c4cc5c(cc4C3=O)C(=O)C(c3nc4ccc(N(C)C)cc4c(=O)[nH]3)C5=O)c2)CC1. The number of piperazine rings is 1. The standard InChI is InChI=1S/C39H40N6O6/c1-42(2)23-8-11-31-30(18-23)37(48)41-36(40-31)33-34(46)26-20-28-29(21-27(26)35(33)47)39(50)45(38(28)49)32-19-24(9-10-25(32)22-6-4-5-7-22)51-17-16-44-14-12-43(3)13-15-44/h8-11,18-22,33H,4-7,12-17H2,1-3H3,(H,40,41,48). The number of amides is 2. The van der Waals surface area contributed by atoms with E-state index < -0.39 is 34.9 Å². The molecule has 1 saturated carbocycles. The highest BCUT2D eigenvalue weighted by molar-refractivity contribution is 6.37. The number of nitrogens with zero attached hydrogens (tertiary/aromatic N) is 5. The van der Waals surface area contributed by atoms with Crippen molar-refractivity contribution in [2.24, 2.45) is 0 Å². The number of H-pyrrole nitrogens is 1. The van der Waals surface area contributed by atoms with Crippen molar-refractivity contribution in [2.75, 3.05) is 70.3 Å². The van der Waals surface area contributed by atoms with Crippen molar-refractivity contribution in [1.29, 1.82) is 0 Å². The Kier molecular flexibility index (Phi) is 8.30. The van der Waals surface area contributed by atoms with E-state index in [0.29, 0.717) is 28.9 Å². The molecule has 3 aromatic carbocycles. The van der Waals surface area contributed by atoms with Crippen molar-refractivity contribution < 1.29 is 23.9 Å². The van der Waals surface area contributed by atoms with Crippen LogP contribution in [0.3, 0.4) is 0 Å². The van der Waals surface area contributed by atoms with Gasteiger partial charge < -0.3 is 19.5 Å². The van der Waals surface area contributed by atoms with E-state index in [4.69, 9.17) is 4.74 Å². The predicted molar refractivity (Wildman–Crippen MR) is 193 cm³/mol. The molecular weight excluding hydrogens is 648 g/mol. The zero-order chi connectivity index (χ0) is 35.6. The number of hydrogen-bond acceptors (Lipinski definition) is 10. The van der Waals surface area contributed by atoms with Crippen LogP contribution in [0.2, 0.25) is 0 Å². The zero-order valence-corrected chi connectivity index (χ0v) is 29.0. The van der Waals surface area contributed by atoms with E-state index in [9.17, 15) is 24.0 Å². The fraction of sp³-hybridized carbons (Fsp3) is 0.385. The second-order valence-electron chi connectivity index (χ2n) is 14.3. The molecule has 0 atom stereocenters. The lowest BCUT2D eigenvalue weighted by molar-refractivity contribution is 0.0882. The van der Waals surface area contributed by atoms with Crippen molar-refractivity contribution >= 4 is 45.7 Å². The molecule has 4 aliphatic rings. The first-order valence-electron chi connectivity index (χ1n) is 17.6. The zero-order valence-electron chi connectivity index (χ0n) is 29.0. The van der Waals surface area contributed by atoms with E-state index in [1.165, 1.54) is 17.0 Å². The summed E-state index contributed by atoms with van der Waals surface area (Å²) in [4.78, 5) is 83.8. The minimum absolute atomic E-state index is 0.0365. The number of imide groups is 1. The Bertz CT molecular complexity index is 2120. The van der Waals surface area contributed by atoms with Crippen LogP contribution in [-0.4, -0.2) is 104 Å². The van der Waals surface area contributed by atoms with Gasteiger partial charge >= 0.3 is 0 Å². The minimum atomic E-state index is -1.39. The van der Waals surface area contributed by atoms with E-state index in [0.717, 1.165) is 69.7 Å². The quantitative estimate of drug-likeness (QED) is 0.212. The number of rotatable bonds is 8. The molecule has 262 valence electrons. The van der Waals surface area contributed by atoms with Gasteiger partial charge in [-0.15, -0.1) is 0 Å². The van der Waals surface area contributed by atoms with E-state index in [2.05, 4.69) is 26.8 Å². The summed E-state index contributed by atoms with van der Waals surface area (Å²) in [5.74, 6) is -2.94. The van der Waals surface area contributed by atoms with E-state index in [1.807, 2.05) is 31.1 Å². The van der Waals surface area contributed by atoms with Crippen LogP contribution in [0.4, 0.5) is 11.4 Å². The lowest BCUT2D eigenvalue weighted by Gasteiger charge is -2.32. The van der Waals surface area contributed by atoms with Gasteiger partial charge in [-0.3, -0.25) is 28.9 Å². The van der Waals surface area contributed by atoms with Crippen LogP contribution in [0, 0.1) is 0 Å². The maximum atomic E-state index is 14.1. The number of likely N-dealkylation sites (N-methyl/N-ethyl adjacent to an activating group) is 1. The van der Waals surface area contributed by atoms with Crippen LogP contribution in [0.1, 0.15) is 90.3 Å². The molecule has 8 rings (SSSR count). The molecule has 12 nitrogen and oxygen atoms in total. The number of hydrogen-bond donors (Lipinski definition) is 1. The molecule has 2 amide bonds. The number of fused-ring (bicyclic) bond motifs is 3. The molecule has 0 radical (unpaired) electrons. The number of carbonyl (C=O) groups is 4. The Morgan fingerprint density at radius 1 is 0.824 bits per heavy atom. The Hall–Kier alpha value is -5.20. The number of anilines is 2. The van der Waals surface area contributed by atoms with Gasteiger partial charge in [0.05, 0.1) is 27.7 Å². The highest BCUT2D eigenvalue weighted by atomic mass is 16.5. The van der Waals surface area contributed by atoms with Gasteiger partial charge in [-0.1, -0.05) is 18.9 Å². The highest BCUT2D eigenvalue weighted by Crippen LogP contribution is 2.44. The lowest BCUT2D eigenvalue weighted by atomic mass is 9.95. The third-order valence-electron chi connectivity index (χ3n) is 10.9. The second kappa shape index (κ2) is 12.8. The molecule has 3 heterocycles. The number of benzene rings is 3. The summed E-state index contributed by atoms with van der Waals surface area (Å²) in [6.07, 6.45) is 4.06. The van der Waals surface area contributed by atoms with Crippen LogP contribution >= 0.6 is 0 Å². The summed E-state index contributed by atoms with van der Waals surface area (Å²) in [7, 11) is 5.83.